The zero-order chi connectivity index (χ0) is 8.31. The lowest BCUT2D eigenvalue weighted by molar-refractivity contribution is -0.127. The van der Waals surface area contributed by atoms with Crippen molar-refractivity contribution < 1.29 is 9.90 Å². The van der Waals surface area contributed by atoms with Crippen molar-refractivity contribution in [2.24, 2.45) is 17.4 Å². The van der Waals surface area contributed by atoms with Crippen LogP contribution < -0.4 is 11.5 Å². The Hall–Kier alpha value is -0.610. The Kier molecular flexibility index (Phi) is 3.32. The van der Waals surface area contributed by atoms with Gasteiger partial charge in [0.05, 0.1) is 0 Å². The minimum atomic E-state index is -1.22. The SMILES string of the molecule is CC(C)C(N)C(O)C(N)=O. The van der Waals surface area contributed by atoms with Crippen LogP contribution in [0.3, 0.4) is 0 Å². The fraction of sp³-hybridized carbons (Fsp3) is 0.833. The van der Waals surface area contributed by atoms with E-state index >= 15 is 0 Å². The van der Waals surface area contributed by atoms with E-state index in [-0.39, 0.29) is 5.92 Å². The third kappa shape index (κ3) is 2.33. The van der Waals surface area contributed by atoms with E-state index in [1.807, 2.05) is 13.8 Å². The molecule has 0 aromatic rings. The number of aliphatic hydroxyl groups excluding tert-OH is 1. The van der Waals surface area contributed by atoms with Crippen molar-refractivity contribution >= 4 is 5.91 Å². The molecule has 10 heavy (non-hydrogen) atoms. The van der Waals surface area contributed by atoms with Gasteiger partial charge in [0.15, 0.2) is 0 Å². The summed E-state index contributed by atoms with van der Waals surface area (Å²) in [7, 11) is 0. The molecule has 0 aliphatic heterocycles. The van der Waals surface area contributed by atoms with Crippen LogP contribution in [0.15, 0.2) is 0 Å². The van der Waals surface area contributed by atoms with Crippen LogP contribution >= 0.6 is 0 Å². The second-order valence-electron chi connectivity index (χ2n) is 2.67. The van der Waals surface area contributed by atoms with E-state index in [0.29, 0.717) is 0 Å². The summed E-state index contributed by atoms with van der Waals surface area (Å²) in [6.45, 7) is 3.63. The van der Waals surface area contributed by atoms with E-state index in [9.17, 15) is 4.79 Å². The molecule has 5 N–H and O–H groups in total. The van der Waals surface area contributed by atoms with Crippen LogP contribution in [-0.4, -0.2) is 23.2 Å². The first-order valence-electron chi connectivity index (χ1n) is 3.19. The first-order valence-corrected chi connectivity index (χ1v) is 3.19. The van der Waals surface area contributed by atoms with Gasteiger partial charge in [-0.2, -0.15) is 0 Å². The molecule has 0 heterocycles. The summed E-state index contributed by atoms with van der Waals surface area (Å²) in [5.41, 5.74) is 10.2. The van der Waals surface area contributed by atoms with Gasteiger partial charge < -0.3 is 16.6 Å². The zero-order valence-electron chi connectivity index (χ0n) is 6.24. The molecule has 0 aliphatic carbocycles. The van der Waals surface area contributed by atoms with Crippen molar-refractivity contribution in [2.75, 3.05) is 0 Å². The van der Waals surface area contributed by atoms with Crippen LogP contribution in [0.25, 0.3) is 0 Å². The normalized spacial score (nSPS) is 16.9. The minimum absolute atomic E-state index is 0.0579. The molecular formula is C6H14N2O2. The quantitative estimate of drug-likeness (QED) is 0.468. The number of aliphatic hydroxyl groups is 1. The number of carbonyl (C=O) groups excluding carboxylic acids is 1. The molecule has 60 valence electrons. The number of amides is 1. The number of hydrogen-bond donors (Lipinski definition) is 3. The van der Waals surface area contributed by atoms with Gasteiger partial charge in [-0.1, -0.05) is 13.8 Å². The molecule has 0 saturated carbocycles. The highest BCUT2D eigenvalue weighted by Crippen LogP contribution is 2.02. The largest absolute Gasteiger partial charge is 0.382 e. The summed E-state index contributed by atoms with van der Waals surface area (Å²) >= 11 is 0. The number of rotatable bonds is 3. The van der Waals surface area contributed by atoms with Crippen LogP contribution in [0.2, 0.25) is 0 Å². The molecule has 0 radical (unpaired) electrons. The Labute approximate surface area is 60.2 Å². The van der Waals surface area contributed by atoms with Crippen LogP contribution in [0.1, 0.15) is 13.8 Å². The van der Waals surface area contributed by atoms with Crippen molar-refractivity contribution in [3.05, 3.63) is 0 Å². The Morgan fingerprint density at radius 1 is 1.50 bits per heavy atom. The highest BCUT2D eigenvalue weighted by molar-refractivity contribution is 5.79. The van der Waals surface area contributed by atoms with E-state index in [2.05, 4.69) is 0 Å². The highest BCUT2D eigenvalue weighted by atomic mass is 16.3. The summed E-state index contributed by atoms with van der Waals surface area (Å²) in [6, 6.07) is -0.558. The maximum atomic E-state index is 10.3. The van der Waals surface area contributed by atoms with Crippen LogP contribution in [-0.2, 0) is 4.79 Å². The molecule has 2 atom stereocenters. The van der Waals surface area contributed by atoms with E-state index in [1.165, 1.54) is 0 Å². The number of primary amides is 1. The highest BCUT2D eigenvalue weighted by Gasteiger charge is 2.22. The molecule has 0 aliphatic rings. The van der Waals surface area contributed by atoms with Crippen molar-refractivity contribution in [1.82, 2.24) is 0 Å². The van der Waals surface area contributed by atoms with Gasteiger partial charge in [-0.25, -0.2) is 0 Å². The van der Waals surface area contributed by atoms with Gasteiger partial charge in [-0.05, 0) is 5.92 Å². The molecule has 0 saturated heterocycles. The molecule has 0 rings (SSSR count). The molecule has 0 bridgehead atoms. The average Bonchev–Trinajstić information content (AvgIpc) is 1.84. The second kappa shape index (κ2) is 3.53. The van der Waals surface area contributed by atoms with Crippen LogP contribution in [0.4, 0.5) is 0 Å². The monoisotopic (exact) mass is 146 g/mol. The first-order chi connectivity index (χ1) is 4.46. The van der Waals surface area contributed by atoms with Gasteiger partial charge in [0, 0.05) is 6.04 Å². The van der Waals surface area contributed by atoms with Gasteiger partial charge in [0.25, 0.3) is 0 Å². The topological polar surface area (TPSA) is 89.3 Å². The average molecular weight is 146 g/mol. The molecule has 0 spiro atoms. The summed E-state index contributed by atoms with van der Waals surface area (Å²) < 4.78 is 0. The van der Waals surface area contributed by atoms with E-state index in [0.717, 1.165) is 0 Å². The third-order valence-corrected chi connectivity index (χ3v) is 1.43. The van der Waals surface area contributed by atoms with Gasteiger partial charge in [0.2, 0.25) is 5.91 Å². The van der Waals surface area contributed by atoms with Crippen molar-refractivity contribution in [2.45, 2.75) is 26.0 Å². The maximum Gasteiger partial charge on any atom is 0.247 e. The predicted octanol–water partition coefficient (Wildman–Crippen LogP) is -1.18. The standard InChI is InChI=1S/C6H14N2O2/c1-3(2)4(7)5(9)6(8)10/h3-5,9H,7H2,1-2H3,(H2,8,10). The zero-order valence-corrected chi connectivity index (χ0v) is 6.24. The summed E-state index contributed by atoms with van der Waals surface area (Å²) in [5.74, 6) is -0.705. The van der Waals surface area contributed by atoms with Gasteiger partial charge in [-0.3, -0.25) is 4.79 Å². The lowest BCUT2D eigenvalue weighted by Gasteiger charge is -2.18. The number of carbonyl (C=O) groups is 1. The van der Waals surface area contributed by atoms with E-state index in [1.54, 1.807) is 0 Å². The first kappa shape index (κ1) is 9.39. The van der Waals surface area contributed by atoms with E-state index < -0.39 is 18.1 Å². The Morgan fingerprint density at radius 3 is 2.00 bits per heavy atom. The van der Waals surface area contributed by atoms with Crippen LogP contribution in [0.5, 0.6) is 0 Å². The van der Waals surface area contributed by atoms with Crippen LogP contribution in [0, 0.1) is 5.92 Å². The molecular weight excluding hydrogens is 132 g/mol. The maximum absolute atomic E-state index is 10.3. The molecule has 4 heteroatoms. The van der Waals surface area contributed by atoms with Gasteiger partial charge >= 0.3 is 0 Å². The molecule has 4 nitrogen and oxygen atoms in total. The molecule has 1 amide bonds. The van der Waals surface area contributed by atoms with E-state index in [4.69, 9.17) is 16.6 Å². The number of hydrogen-bond acceptors (Lipinski definition) is 3. The Morgan fingerprint density at radius 2 is 1.90 bits per heavy atom. The van der Waals surface area contributed by atoms with Gasteiger partial charge in [-0.15, -0.1) is 0 Å². The Balaban J connectivity index is 3.94. The van der Waals surface area contributed by atoms with Crippen molar-refractivity contribution in [3.63, 3.8) is 0 Å². The minimum Gasteiger partial charge on any atom is -0.382 e. The van der Waals surface area contributed by atoms with Crippen molar-refractivity contribution in [3.8, 4) is 0 Å². The smallest absolute Gasteiger partial charge is 0.247 e. The Bertz CT molecular complexity index is 125. The lowest BCUT2D eigenvalue weighted by Crippen LogP contribution is -2.46. The van der Waals surface area contributed by atoms with Gasteiger partial charge in [0.1, 0.15) is 6.10 Å². The predicted molar refractivity (Wildman–Crippen MR) is 38.0 cm³/mol. The molecule has 0 aromatic heterocycles. The third-order valence-electron chi connectivity index (χ3n) is 1.43. The summed E-state index contributed by atoms with van der Waals surface area (Å²) in [5, 5.41) is 8.97. The van der Waals surface area contributed by atoms with Crippen molar-refractivity contribution in [1.29, 1.82) is 0 Å². The molecule has 2 unspecified atom stereocenters. The summed E-state index contributed by atoms with van der Waals surface area (Å²) in [6.07, 6.45) is -1.22. The lowest BCUT2D eigenvalue weighted by atomic mass is 9.99. The number of nitrogens with two attached hydrogens (primary N) is 2. The molecule has 0 aromatic carbocycles. The molecule has 0 fully saturated rings. The fourth-order valence-electron chi connectivity index (χ4n) is 0.554. The summed E-state index contributed by atoms with van der Waals surface area (Å²) in [4.78, 5) is 10.3. The second-order valence-corrected chi connectivity index (χ2v) is 2.67. The fourth-order valence-corrected chi connectivity index (χ4v) is 0.554.